The third-order valence-electron chi connectivity index (χ3n) is 3.59. The number of aryl methyl sites for hydroxylation is 1. The predicted molar refractivity (Wildman–Crippen MR) is 76.6 cm³/mol. The van der Waals surface area contributed by atoms with E-state index in [0.717, 1.165) is 12.0 Å². The van der Waals surface area contributed by atoms with Crippen LogP contribution in [0.25, 0.3) is 0 Å². The minimum absolute atomic E-state index is 0.0274. The van der Waals surface area contributed by atoms with Gasteiger partial charge in [0.2, 0.25) is 0 Å². The predicted octanol–water partition coefficient (Wildman–Crippen LogP) is 1.12. The molecule has 1 atom stereocenters. The summed E-state index contributed by atoms with van der Waals surface area (Å²) >= 11 is 0. The Morgan fingerprint density at radius 2 is 2.20 bits per heavy atom. The summed E-state index contributed by atoms with van der Waals surface area (Å²) in [4.78, 5) is 12.0. The fraction of sp³-hybridized carbons (Fsp3) is 0.500. The number of benzene rings is 1. The normalized spacial score (nSPS) is 20.8. The highest BCUT2D eigenvalue weighted by molar-refractivity contribution is 7.91. The first kappa shape index (κ1) is 14.8. The Bertz CT molecular complexity index is 610. The maximum atomic E-state index is 12.0. The van der Waals surface area contributed by atoms with E-state index in [2.05, 4.69) is 5.32 Å². The van der Waals surface area contributed by atoms with Crippen LogP contribution >= 0.6 is 0 Å². The Labute approximate surface area is 118 Å². The second-order valence-electron chi connectivity index (χ2n) is 5.18. The molecule has 2 rings (SSSR count). The molecule has 1 heterocycles. The van der Waals surface area contributed by atoms with Gasteiger partial charge < -0.3 is 10.4 Å². The molecule has 1 unspecified atom stereocenters. The molecule has 1 saturated heterocycles. The zero-order valence-electron chi connectivity index (χ0n) is 11.4. The summed E-state index contributed by atoms with van der Waals surface area (Å²) in [7, 11) is -2.93. The Balaban J connectivity index is 1.99. The number of phenolic OH excluding ortho intramolecular Hbond substituents is 1. The molecule has 1 aromatic carbocycles. The number of hydrogen-bond donors (Lipinski definition) is 2. The molecule has 0 saturated carbocycles. The van der Waals surface area contributed by atoms with E-state index >= 15 is 0 Å². The fourth-order valence-electron chi connectivity index (χ4n) is 2.35. The zero-order valence-corrected chi connectivity index (χ0v) is 12.2. The Morgan fingerprint density at radius 3 is 2.80 bits per heavy atom. The van der Waals surface area contributed by atoms with E-state index in [1.165, 1.54) is 6.07 Å². The van der Waals surface area contributed by atoms with Crippen LogP contribution in [0.15, 0.2) is 18.2 Å². The SMILES string of the molecule is CCc1ccc(O)c(C(=O)NCC2CCS(=O)(=O)C2)c1. The van der Waals surface area contributed by atoms with Gasteiger partial charge in [0, 0.05) is 6.54 Å². The lowest BCUT2D eigenvalue weighted by Gasteiger charge is -2.11. The van der Waals surface area contributed by atoms with Crippen LogP contribution in [-0.2, 0) is 16.3 Å². The van der Waals surface area contributed by atoms with Crippen LogP contribution in [0.2, 0.25) is 0 Å². The van der Waals surface area contributed by atoms with Crippen molar-refractivity contribution < 1.29 is 18.3 Å². The lowest BCUT2D eigenvalue weighted by Crippen LogP contribution is -2.29. The van der Waals surface area contributed by atoms with Gasteiger partial charge in [-0.3, -0.25) is 4.79 Å². The lowest BCUT2D eigenvalue weighted by atomic mass is 10.1. The minimum atomic E-state index is -2.93. The molecule has 0 spiro atoms. The van der Waals surface area contributed by atoms with E-state index < -0.39 is 9.84 Å². The van der Waals surface area contributed by atoms with E-state index in [9.17, 15) is 18.3 Å². The molecule has 1 aliphatic heterocycles. The van der Waals surface area contributed by atoms with Crippen LogP contribution in [0.3, 0.4) is 0 Å². The van der Waals surface area contributed by atoms with Gasteiger partial charge in [-0.05, 0) is 36.5 Å². The number of sulfone groups is 1. The first-order chi connectivity index (χ1) is 9.41. The van der Waals surface area contributed by atoms with Crippen LogP contribution in [0.1, 0.15) is 29.3 Å². The van der Waals surface area contributed by atoms with Gasteiger partial charge >= 0.3 is 0 Å². The number of amides is 1. The standard InChI is InChI=1S/C14H19NO4S/c1-2-10-3-4-13(16)12(7-10)14(17)15-8-11-5-6-20(18,19)9-11/h3-4,7,11,16H,2,5-6,8-9H2,1H3,(H,15,17). The third kappa shape index (κ3) is 3.50. The summed E-state index contributed by atoms with van der Waals surface area (Å²) in [5.74, 6) is -0.112. The molecular formula is C14H19NO4S. The summed E-state index contributed by atoms with van der Waals surface area (Å²) in [6.45, 7) is 2.30. The van der Waals surface area contributed by atoms with E-state index in [1.54, 1.807) is 12.1 Å². The van der Waals surface area contributed by atoms with Gasteiger partial charge in [-0.1, -0.05) is 13.0 Å². The van der Waals surface area contributed by atoms with Crippen LogP contribution in [0, 0.1) is 5.92 Å². The molecule has 1 aliphatic rings. The van der Waals surface area contributed by atoms with Gasteiger partial charge in [0.15, 0.2) is 9.84 Å². The van der Waals surface area contributed by atoms with Gasteiger partial charge in [-0.15, -0.1) is 0 Å². The van der Waals surface area contributed by atoms with Crippen molar-refractivity contribution >= 4 is 15.7 Å². The third-order valence-corrected chi connectivity index (χ3v) is 5.43. The van der Waals surface area contributed by atoms with Gasteiger partial charge in [0.05, 0.1) is 17.1 Å². The molecule has 6 heteroatoms. The highest BCUT2D eigenvalue weighted by Crippen LogP contribution is 2.20. The molecular weight excluding hydrogens is 278 g/mol. The summed E-state index contributed by atoms with van der Waals surface area (Å²) in [6.07, 6.45) is 1.37. The monoisotopic (exact) mass is 297 g/mol. The molecule has 110 valence electrons. The average Bonchev–Trinajstić information content (AvgIpc) is 2.76. The number of nitrogens with one attached hydrogen (secondary N) is 1. The van der Waals surface area contributed by atoms with Crippen molar-refractivity contribution in [3.05, 3.63) is 29.3 Å². The molecule has 0 aromatic heterocycles. The van der Waals surface area contributed by atoms with Gasteiger partial charge in [-0.2, -0.15) is 0 Å². The molecule has 1 aromatic rings. The van der Waals surface area contributed by atoms with Crippen molar-refractivity contribution in [1.82, 2.24) is 5.32 Å². The quantitative estimate of drug-likeness (QED) is 0.872. The Hall–Kier alpha value is -1.56. The number of phenols is 1. The van der Waals surface area contributed by atoms with Crippen molar-refractivity contribution in [2.24, 2.45) is 5.92 Å². The fourth-order valence-corrected chi connectivity index (χ4v) is 4.21. The molecule has 1 fully saturated rings. The van der Waals surface area contributed by atoms with Crippen molar-refractivity contribution in [3.63, 3.8) is 0 Å². The smallest absolute Gasteiger partial charge is 0.255 e. The van der Waals surface area contributed by atoms with Crippen LogP contribution in [0.5, 0.6) is 5.75 Å². The van der Waals surface area contributed by atoms with Crippen LogP contribution in [0.4, 0.5) is 0 Å². The summed E-state index contributed by atoms with van der Waals surface area (Å²) in [6, 6.07) is 4.94. The molecule has 5 nitrogen and oxygen atoms in total. The minimum Gasteiger partial charge on any atom is -0.507 e. The maximum absolute atomic E-state index is 12.0. The second-order valence-corrected chi connectivity index (χ2v) is 7.41. The summed E-state index contributed by atoms with van der Waals surface area (Å²) < 4.78 is 22.7. The first-order valence-electron chi connectivity index (χ1n) is 6.72. The number of aromatic hydroxyl groups is 1. The van der Waals surface area contributed by atoms with E-state index in [-0.39, 0.29) is 34.6 Å². The Morgan fingerprint density at radius 1 is 1.45 bits per heavy atom. The highest BCUT2D eigenvalue weighted by atomic mass is 32.2. The van der Waals surface area contributed by atoms with Gasteiger partial charge in [-0.25, -0.2) is 8.42 Å². The van der Waals surface area contributed by atoms with Crippen molar-refractivity contribution in [2.75, 3.05) is 18.1 Å². The van der Waals surface area contributed by atoms with Crippen molar-refractivity contribution in [3.8, 4) is 5.75 Å². The molecule has 0 bridgehead atoms. The van der Waals surface area contributed by atoms with Crippen LogP contribution < -0.4 is 5.32 Å². The van der Waals surface area contributed by atoms with Gasteiger partial charge in [0.25, 0.3) is 5.91 Å². The van der Waals surface area contributed by atoms with Crippen molar-refractivity contribution in [1.29, 1.82) is 0 Å². The number of carbonyl (C=O) groups excluding carboxylic acids is 1. The molecule has 1 amide bonds. The number of rotatable bonds is 4. The van der Waals surface area contributed by atoms with Gasteiger partial charge in [0.1, 0.15) is 5.75 Å². The lowest BCUT2D eigenvalue weighted by molar-refractivity contribution is 0.0945. The molecule has 0 radical (unpaired) electrons. The summed E-state index contributed by atoms with van der Waals surface area (Å²) in [5.41, 5.74) is 1.21. The molecule has 20 heavy (non-hydrogen) atoms. The van der Waals surface area contributed by atoms with E-state index in [4.69, 9.17) is 0 Å². The second kappa shape index (κ2) is 5.83. The maximum Gasteiger partial charge on any atom is 0.255 e. The van der Waals surface area contributed by atoms with Crippen LogP contribution in [-0.4, -0.2) is 37.5 Å². The average molecular weight is 297 g/mol. The highest BCUT2D eigenvalue weighted by Gasteiger charge is 2.28. The van der Waals surface area contributed by atoms with E-state index in [0.29, 0.717) is 13.0 Å². The van der Waals surface area contributed by atoms with E-state index in [1.807, 2.05) is 6.92 Å². The Kier molecular flexibility index (Phi) is 4.32. The molecule has 0 aliphatic carbocycles. The first-order valence-corrected chi connectivity index (χ1v) is 8.54. The zero-order chi connectivity index (χ0) is 14.8. The summed E-state index contributed by atoms with van der Waals surface area (Å²) in [5, 5.41) is 12.4. The number of hydrogen-bond acceptors (Lipinski definition) is 4. The number of carbonyl (C=O) groups is 1. The topological polar surface area (TPSA) is 83.5 Å². The largest absolute Gasteiger partial charge is 0.507 e. The van der Waals surface area contributed by atoms with Crippen molar-refractivity contribution in [2.45, 2.75) is 19.8 Å². The molecule has 2 N–H and O–H groups in total.